The van der Waals surface area contributed by atoms with Crippen LogP contribution in [0, 0.1) is 0 Å². The molecule has 1 unspecified atom stereocenters. The molecule has 5 atom stereocenters. The fraction of sp³-hybridized carbons (Fsp3) is 0.414. The molecule has 6 rings (SSSR count). The summed E-state index contributed by atoms with van der Waals surface area (Å²) in [7, 11) is -4.32. The van der Waals surface area contributed by atoms with Crippen molar-refractivity contribution in [2.75, 3.05) is 18.9 Å². The topological polar surface area (TPSA) is 180 Å². The summed E-state index contributed by atoms with van der Waals surface area (Å²) in [5.41, 5.74) is 3.86. The summed E-state index contributed by atoms with van der Waals surface area (Å²) in [5.74, 6) is -0.0292. The lowest BCUT2D eigenvalue weighted by atomic mass is 9.78. The number of aromatic nitrogens is 3. The number of benzene rings is 2. The van der Waals surface area contributed by atoms with Gasteiger partial charge in [-0.2, -0.15) is 10.2 Å². The first-order chi connectivity index (χ1) is 20.6. The zero-order valence-electron chi connectivity index (χ0n) is 23.8. The van der Waals surface area contributed by atoms with Crippen molar-refractivity contribution in [3.8, 4) is 5.75 Å². The Morgan fingerprint density at radius 2 is 1.98 bits per heavy atom. The molecule has 1 saturated heterocycles. The van der Waals surface area contributed by atoms with E-state index >= 15 is 0 Å². The van der Waals surface area contributed by atoms with E-state index in [-0.39, 0.29) is 18.2 Å². The van der Waals surface area contributed by atoms with Crippen LogP contribution in [0.4, 0.5) is 5.82 Å². The van der Waals surface area contributed by atoms with Crippen LogP contribution in [0.3, 0.4) is 0 Å². The maximum Gasteiger partial charge on any atom is 0.459 e. The van der Waals surface area contributed by atoms with Crippen LogP contribution in [0.1, 0.15) is 44.9 Å². The molecule has 1 aliphatic heterocycles. The van der Waals surface area contributed by atoms with E-state index in [1.807, 2.05) is 30.3 Å². The van der Waals surface area contributed by atoms with Crippen LogP contribution < -0.4 is 15.3 Å². The number of nitrogens with zero attached hydrogens (tertiary/aromatic N) is 3. The molecule has 1 saturated carbocycles. The van der Waals surface area contributed by atoms with Crippen molar-refractivity contribution in [2.45, 2.75) is 62.6 Å². The molecule has 14 heteroatoms. The number of ether oxygens (including phenoxy) is 2. The van der Waals surface area contributed by atoms with Crippen LogP contribution in [0.15, 0.2) is 60.9 Å². The van der Waals surface area contributed by atoms with Gasteiger partial charge in [-0.25, -0.2) is 14.1 Å². The molecule has 228 valence electrons. The Labute approximate surface area is 247 Å². The van der Waals surface area contributed by atoms with E-state index in [0.717, 1.165) is 5.39 Å². The largest absolute Gasteiger partial charge is 0.465 e. The van der Waals surface area contributed by atoms with Gasteiger partial charge in [-0.05, 0) is 56.7 Å². The molecule has 0 spiro atoms. The normalized spacial score (nSPS) is 26.2. The van der Waals surface area contributed by atoms with Crippen molar-refractivity contribution in [3.63, 3.8) is 0 Å². The number of fused-ring (bicyclic) bond motifs is 2. The van der Waals surface area contributed by atoms with Crippen LogP contribution in [-0.4, -0.2) is 67.3 Å². The fourth-order valence-corrected chi connectivity index (χ4v) is 7.43. The minimum absolute atomic E-state index is 0.154. The fourth-order valence-electron chi connectivity index (χ4n) is 5.67. The molecular formula is C29H34N5O8P. The van der Waals surface area contributed by atoms with Gasteiger partial charge in [-0.1, -0.05) is 36.4 Å². The Morgan fingerprint density at radius 1 is 1.21 bits per heavy atom. The highest BCUT2D eigenvalue weighted by Crippen LogP contribution is 2.52. The molecule has 3 heterocycles. The van der Waals surface area contributed by atoms with Crippen molar-refractivity contribution in [1.29, 1.82) is 0 Å². The van der Waals surface area contributed by atoms with Crippen LogP contribution >= 0.6 is 7.75 Å². The Morgan fingerprint density at radius 3 is 2.72 bits per heavy atom. The summed E-state index contributed by atoms with van der Waals surface area (Å²) in [5, 5.41) is 31.1. The number of nitrogens with one attached hydrogen (secondary N) is 1. The molecule has 43 heavy (non-hydrogen) atoms. The number of nitrogen functional groups attached to an aromatic ring is 1. The van der Waals surface area contributed by atoms with Gasteiger partial charge in [0.1, 0.15) is 47.0 Å². The minimum atomic E-state index is -4.32. The second-order valence-electron chi connectivity index (χ2n) is 11.1. The quantitative estimate of drug-likeness (QED) is 0.152. The molecule has 2 fully saturated rings. The molecule has 2 aromatic carbocycles. The van der Waals surface area contributed by atoms with Gasteiger partial charge in [-0.3, -0.25) is 9.32 Å². The van der Waals surface area contributed by atoms with Gasteiger partial charge in [-0.15, -0.1) is 0 Å². The smallest absolute Gasteiger partial charge is 0.459 e. The zero-order valence-corrected chi connectivity index (χ0v) is 24.6. The van der Waals surface area contributed by atoms with E-state index < -0.39 is 49.8 Å². The van der Waals surface area contributed by atoms with E-state index in [9.17, 15) is 19.6 Å². The van der Waals surface area contributed by atoms with Gasteiger partial charge < -0.3 is 29.9 Å². The lowest BCUT2D eigenvalue weighted by Gasteiger charge is -2.41. The number of esters is 1. The Bertz CT molecular complexity index is 1700. The van der Waals surface area contributed by atoms with E-state index in [2.05, 4.69) is 15.2 Å². The Hall–Kier alpha value is -3.58. The van der Waals surface area contributed by atoms with Gasteiger partial charge in [0, 0.05) is 5.39 Å². The number of carbonyl (C=O) groups excluding carboxylic acids is 1. The first kappa shape index (κ1) is 29.5. The monoisotopic (exact) mass is 611 g/mol. The number of anilines is 1. The molecule has 2 aliphatic rings. The van der Waals surface area contributed by atoms with Gasteiger partial charge in [0.15, 0.2) is 5.82 Å². The third-order valence-electron chi connectivity index (χ3n) is 8.17. The number of aliphatic hydroxyl groups is 2. The maximum absolute atomic E-state index is 14.5. The summed E-state index contributed by atoms with van der Waals surface area (Å²) in [4.78, 5) is 16.9. The molecule has 13 nitrogen and oxygen atoms in total. The minimum Gasteiger partial charge on any atom is -0.465 e. The molecule has 5 N–H and O–H groups in total. The first-order valence-corrected chi connectivity index (χ1v) is 15.6. The van der Waals surface area contributed by atoms with E-state index in [4.69, 9.17) is 24.3 Å². The SMILES string of the molecule is CCOC(=O)C1(NP(=O)(OC[C@H]2O[C@@H](c3ccc4c(N)ncnn34)[C@](C)(O)[C@@H]2O)Oc2cccc3ccccc23)CCC1. The first-order valence-electron chi connectivity index (χ1n) is 14.1. The summed E-state index contributed by atoms with van der Waals surface area (Å²) < 4.78 is 39.4. The van der Waals surface area contributed by atoms with Crippen LogP contribution in [0.25, 0.3) is 16.3 Å². The average molecular weight is 612 g/mol. The molecular weight excluding hydrogens is 577 g/mol. The number of aliphatic hydroxyl groups excluding tert-OH is 1. The Balaban J connectivity index is 1.29. The second-order valence-corrected chi connectivity index (χ2v) is 12.7. The highest BCUT2D eigenvalue weighted by atomic mass is 31.2. The van der Waals surface area contributed by atoms with Crippen LogP contribution in [0.5, 0.6) is 5.75 Å². The van der Waals surface area contributed by atoms with Gasteiger partial charge in [0.2, 0.25) is 0 Å². The predicted molar refractivity (Wildman–Crippen MR) is 156 cm³/mol. The number of rotatable bonds is 10. The average Bonchev–Trinajstić information content (AvgIpc) is 3.49. The van der Waals surface area contributed by atoms with Crippen LogP contribution in [-0.2, 0) is 23.4 Å². The highest BCUT2D eigenvalue weighted by molar-refractivity contribution is 7.52. The second kappa shape index (κ2) is 11.2. The Kier molecular flexibility index (Phi) is 7.66. The molecule has 2 aromatic heterocycles. The van der Waals surface area contributed by atoms with E-state index in [1.165, 1.54) is 17.8 Å². The summed E-state index contributed by atoms with van der Waals surface area (Å²) in [6.45, 7) is 2.84. The number of hydrogen-bond acceptors (Lipinski definition) is 11. The van der Waals surface area contributed by atoms with Crippen molar-refractivity contribution in [1.82, 2.24) is 19.7 Å². The standard InChI is InChI=1S/C29H34N5O8P/c1-3-39-27(36)29(14-7-15-29)33-43(38,42-22-11-6-9-18-8-4-5-10-19(18)22)40-16-23-24(35)28(2,37)25(41-23)20-12-13-21-26(30)31-17-32-34(20)21/h4-6,8-13,17,23-25,35,37H,3,7,14-16H2,1-2H3,(H,33,38)(H2,30,31,32)/t23-,24-,25+,28-,43?/m1/s1. The third-order valence-corrected chi connectivity index (χ3v) is 9.80. The molecule has 0 amide bonds. The molecule has 0 radical (unpaired) electrons. The zero-order chi connectivity index (χ0) is 30.4. The summed E-state index contributed by atoms with van der Waals surface area (Å²) in [6, 6.07) is 16.1. The molecule has 1 aliphatic carbocycles. The van der Waals surface area contributed by atoms with Crippen molar-refractivity contribution < 1.29 is 38.1 Å². The highest BCUT2D eigenvalue weighted by Gasteiger charge is 2.55. The summed E-state index contributed by atoms with van der Waals surface area (Å²) >= 11 is 0. The third kappa shape index (κ3) is 5.26. The lowest BCUT2D eigenvalue weighted by Crippen LogP contribution is -2.57. The maximum atomic E-state index is 14.5. The lowest BCUT2D eigenvalue weighted by molar-refractivity contribution is -0.154. The number of nitrogens with two attached hydrogens (primary N) is 1. The van der Waals surface area contributed by atoms with E-state index in [0.29, 0.717) is 35.9 Å². The predicted octanol–water partition coefficient (Wildman–Crippen LogP) is 3.30. The van der Waals surface area contributed by atoms with Crippen molar-refractivity contribution >= 4 is 35.8 Å². The molecule has 0 bridgehead atoms. The van der Waals surface area contributed by atoms with E-state index in [1.54, 1.807) is 31.2 Å². The molecule has 4 aromatic rings. The van der Waals surface area contributed by atoms with Crippen molar-refractivity contribution in [3.05, 3.63) is 66.6 Å². The van der Waals surface area contributed by atoms with Gasteiger partial charge >= 0.3 is 13.7 Å². The van der Waals surface area contributed by atoms with Gasteiger partial charge in [0.25, 0.3) is 0 Å². The van der Waals surface area contributed by atoms with Gasteiger partial charge in [0.05, 0.1) is 18.9 Å². The number of carbonyl (C=O) groups is 1. The summed E-state index contributed by atoms with van der Waals surface area (Å²) in [6.07, 6.45) is -0.871. The van der Waals surface area contributed by atoms with Crippen molar-refractivity contribution in [2.24, 2.45) is 0 Å². The van der Waals surface area contributed by atoms with Crippen LogP contribution in [0.2, 0.25) is 0 Å². The number of hydrogen-bond donors (Lipinski definition) is 4.